The predicted molar refractivity (Wildman–Crippen MR) is 108 cm³/mol. The number of ether oxygens (including phenoxy) is 3. The quantitative estimate of drug-likeness (QED) is 0.802. The van der Waals surface area contributed by atoms with Crippen molar-refractivity contribution in [2.45, 2.75) is 25.0 Å². The molecule has 29 heavy (non-hydrogen) atoms. The van der Waals surface area contributed by atoms with E-state index < -0.39 is 5.60 Å². The van der Waals surface area contributed by atoms with Gasteiger partial charge in [0.25, 0.3) is 0 Å². The Bertz CT molecular complexity index is 847. The molecule has 0 radical (unpaired) electrons. The second kappa shape index (κ2) is 7.84. The molecule has 0 unspecified atom stereocenters. The maximum atomic E-state index is 13.3. The summed E-state index contributed by atoms with van der Waals surface area (Å²) in [6.45, 7) is 2.48. The SMILES string of the molecule is COc1cc(CN2C[C@@H]3CC[C@](O)(c4ccc(F)cc4)[C@@H]3C2)cc(OC)c1OC. The second-order valence-electron chi connectivity index (χ2n) is 8.06. The average molecular weight is 401 g/mol. The summed E-state index contributed by atoms with van der Waals surface area (Å²) in [5.41, 5.74) is 1.01. The molecule has 1 aliphatic heterocycles. The lowest BCUT2D eigenvalue weighted by Gasteiger charge is -2.31. The fourth-order valence-corrected chi connectivity index (χ4v) is 5.10. The fraction of sp³-hybridized carbons (Fsp3) is 0.478. The summed E-state index contributed by atoms with van der Waals surface area (Å²) in [6.07, 6.45) is 1.70. The van der Waals surface area contributed by atoms with E-state index in [0.717, 1.165) is 43.6 Å². The molecule has 0 amide bonds. The second-order valence-corrected chi connectivity index (χ2v) is 8.06. The van der Waals surface area contributed by atoms with Crippen molar-refractivity contribution in [1.29, 1.82) is 0 Å². The first-order chi connectivity index (χ1) is 14.0. The van der Waals surface area contributed by atoms with Gasteiger partial charge >= 0.3 is 0 Å². The predicted octanol–water partition coefficient (Wildman–Crippen LogP) is 3.58. The molecule has 1 N–H and O–H groups in total. The minimum atomic E-state index is -0.887. The van der Waals surface area contributed by atoms with Crippen LogP contribution in [0.3, 0.4) is 0 Å². The zero-order chi connectivity index (χ0) is 20.6. The van der Waals surface area contributed by atoms with Crippen molar-refractivity contribution in [2.75, 3.05) is 34.4 Å². The highest BCUT2D eigenvalue weighted by Gasteiger charge is 2.52. The van der Waals surface area contributed by atoms with Crippen LogP contribution in [0.4, 0.5) is 4.39 Å². The molecule has 1 heterocycles. The Hall–Kier alpha value is -2.31. The van der Waals surface area contributed by atoms with Gasteiger partial charge in [0.05, 0.1) is 26.9 Å². The third kappa shape index (κ3) is 3.55. The molecule has 5 nitrogen and oxygen atoms in total. The van der Waals surface area contributed by atoms with Crippen LogP contribution in [0.15, 0.2) is 36.4 Å². The van der Waals surface area contributed by atoms with Gasteiger partial charge in [-0.05, 0) is 54.2 Å². The first-order valence-corrected chi connectivity index (χ1v) is 9.98. The third-order valence-corrected chi connectivity index (χ3v) is 6.50. The van der Waals surface area contributed by atoms with Gasteiger partial charge in [0.15, 0.2) is 11.5 Å². The lowest BCUT2D eigenvalue weighted by atomic mass is 9.82. The van der Waals surface area contributed by atoms with E-state index in [4.69, 9.17) is 14.2 Å². The molecule has 1 saturated heterocycles. The van der Waals surface area contributed by atoms with E-state index in [0.29, 0.717) is 23.2 Å². The van der Waals surface area contributed by atoms with Crippen molar-refractivity contribution in [3.63, 3.8) is 0 Å². The Morgan fingerprint density at radius 3 is 2.28 bits per heavy atom. The van der Waals surface area contributed by atoms with Gasteiger partial charge < -0.3 is 19.3 Å². The van der Waals surface area contributed by atoms with E-state index in [-0.39, 0.29) is 11.7 Å². The Balaban J connectivity index is 1.53. The monoisotopic (exact) mass is 401 g/mol. The molecule has 1 saturated carbocycles. The van der Waals surface area contributed by atoms with Crippen molar-refractivity contribution in [2.24, 2.45) is 11.8 Å². The molecule has 0 spiro atoms. The molecule has 0 bridgehead atoms. The highest BCUT2D eigenvalue weighted by Crippen LogP contribution is 2.51. The summed E-state index contributed by atoms with van der Waals surface area (Å²) in [6, 6.07) is 10.3. The summed E-state index contributed by atoms with van der Waals surface area (Å²) >= 11 is 0. The Morgan fingerprint density at radius 2 is 1.69 bits per heavy atom. The van der Waals surface area contributed by atoms with Crippen LogP contribution < -0.4 is 14.2 Å². The summed E-state index contributed by atoms with van der Waals surface area (Å²) in [5, 5.41) is 11.4. The van der Waals surface area contributed by atoms with Crippen molar-refractivity contribution in [3.8, 4) is 17.2 Å². The van der Waals surface area contributed by atoms with Gasteiger partial charge in [-0.25, -0.2) is 4.39 Å². The smallest absolute Gasteiger partial charge is 0.203 e. The number of nitrogens with zero attached hydrogens (tertiary/aromatic N) is 1. The number of rotatable bonds is 6. The highest BCUT2D eigenvalue weighted by molar-refractivity contribution is 5.53. The molecule has 0 aromatic heterocycles. The number of benzene rings is 2. The number of hydrogen-bond donors (Lipinski definition) is 1. The summed E-state index contributed by atoms with van der Waals surface area (Å²) in [7, 11) is 4.83. The molecule has 2 aromatic carbocycles. The van der Waals surface area contributed by atoms with E-state index in [1.165, 1.54) is 12.1 Å². The van der Waals surface area contributed by atoms with Crippen LogP contribution in [0.2, 0.25) is 0 Å². The standard InChI is InChI=1S/C23H28FNO4/c1-27-20-10-15(11-21(28-2)22(20)29-3)12-25-13-16-8-9-23(26,19(16)14-25)17-4-6-18(24)7-5-17/h4-7,10-11,16,19,26H,8-9,12-14H2,1-3H3/t16-,19+,23-/m0/s1. The third-order valence-electron chi connectivity index (χ3n) is 6.50. The Kier molecular flexibility index (Phi) is 5.40. The number of methoxy groups -OCH3 is 3. The van der Waals surface area contributed by atoms with Gasteiger partial charge in [0.1, 0.15) is 5.82 Å². The van der Waals surface area contributed by atoms with E-state index in [9.17, 15) is 9.50 Å². The van der Waals surface area contributed by atoms with Crippen LogP contribution in [0, 0.1) is 17.7 Å². The lowest BCUT2D eigenvalue weighted by molar-refractivity contribution is -0.00688. The molecular weight excluding hydrogens is 373 g/mol. The summed E-state index contributed by atoms with van der Waals surface area (Å²) < 4.78 is 29.7. The number of likely N-dealkylation sites (tertiary alicyclic amines) is 1. The minimum absolute atomic E-state index is 0.148. The fourth-order valence-electron chi connectivity index (χ4n) is 5.10. The van der Waals surface area contributed by atoms with Crippen molar-refractivity contribution in [1.82, 2.24) is 4.90 Å². The van der Waals surface area contributed by atoms with E-state index in [2.05, 4.69) is 4.90 Å². The molecule has 3 atom stereocenters. The zero-order valence-corrected chi connectivity index (χ0v) is 17.2. The van der Waals surface area contributed by atoms with Gasteiger partial charge in [-0.2, -0.15) is 0 Å². The first-order valence-electron chi connectivity index (χ1n) is 9.98. The van der Waals surface area contributed by atoms with Crippen molar-refractivity contribution < 1.29 is 23.7 Å². The summed E-state index contributed by atoms with van der Waals surface area (Å²) in [5.74, 6) is 2.18. The molecule has 1 aliphatic carbocycles. The van der Waals surface area contributed by atoms with Crippen LogP contribution in [0.25, 0.3) is 0 Å². The van der Waals surface area contributed by atoms with Gasteiger partial charge in [-0.15, -0.1) is 0 Å². The van der Waals surface area contributed by atoms with Gasteiger partial charge in [-0.1, -0.05) is 12.1 Å². The van der Waals surface area contributed by atoms with E-state index in [1.807, 2.05) is 12.1 Å². The van der Waals surface area contributed by atoms with Crippen LogP contribution in [-0.4, -0.2) is 44.4 Å². The Morgan fingerprint density at radius 1 is 1.03 bits per heavy atom. The van der Waals surface area contributed by atoms with Gasteiger partial charge in [0, 0.05) is 25.6 Å². The van der Waals surface area contributed by atoms with E-state index >= 15 is 0 Å². The molecule has 6 heteroatoms. The first kappa shape index (κ1) is 20.0. The van der Waals surface area contributed by atoms with E-state index in [1.54, 1.807) is 33.5 Å². The minimum Gasteiger partial charge on any atom is -0.493 e. The lowest BCUT2D eigenvalue weighted by Crippen LogP contribution is -2.34. The number of aliphatic hydroxyl groups is 1. The average Bonchev–Trinajstić information content (AvgIpc) is 3.27. The maximum absolute atomic E-state index is 13.3. The van der Waals surface area contributed by atoms with Gasteiger partial charge in [0.2, 0.25) is 5.75 Å². The molecule has 2 aliphatic rings. The molecule has 2 fully saturated rings. The maximum Gasteiger partial charge on any atom is 0.203 e. The van der Waals surface area contributed by atoms with Gasteiger partial charge in [-0.3, -0.25) is 4.90 Å². The van der Waals surface area contributed by atoms with Crippen LogP contribution >= 0.6 is 0 Å². The van der Waals surface area contributed by atoms with Crippen LogP contribution in [0.1, 0.15) is 24.0 Å². The van der Waals surface area contributed by atoms with Crippen molar-refractivity contribution >= 4 is 0 Å². The molecule has 2 aromatic rings. The van der Waals surface area contributed by atoms with Crippen LogP contribution in [-0.2, 0) is 12.1 Å². The number of hydrogen-bond acceptors (Lipinski definition) is 5. The Labute approximate surface area is 171 Å². The topological polar surface area (TPSA) is 51.2 Å². The van der Waals surface area contributed by atoms with Crippen LogP contribution in [0.5, 0.6) is 17.2 Å². The zero-order valence-electron chi connectivity index (χ0n) is 17.2. The summed E-state index contributed by atoms with van der Waals surface area (Å²) in [4.78, 5) is 2.36. The highest BCUT2D eigenvalue weighted by atomic mass is 19.1. The number of fused-ring (bicyclic) bond motifs is 1. The molecule has 156 valence electrons. The largest absolute Gasteiger partial charge is 0.493 e. The molecular formula is C23H28FNO4. The molecule has 4 rings (SSSR count). The van der Waals surface area contributed by atoms with Crippen molar-refractivity contribution in [3.05, 3.63) is 53.3 Å². The normalized spacial score (nSPS) is 26.4. The number of halogens is 1.